The second kappa shape index (κ2) is 42.6. The number of aryl methyl sites for hydroxylation is 3. The first-order valence-corrected chi connectivity index (χ1v) is 35.4. The Morgan fingerprint density at radius 3 is 0.887 bits per heavy atom. The maximum absolute atomic E-state index is 16.6. The first-order chi connectivity index (χ1) is 34.9. The Kier molecular flexibility index (Phi) is 38.2. The third-order valence-corrected chi connectivity index (χ3v) is 21.4. The van der Waals surface area contributed by atoms with E-state index in [1.165, 1.54) is 268 Å². The van der Waals surface area contributed by atoms with Gasteiger partial charge >= 0.3 is 5.77 Å². The van der Waals surface area contributed by atoms with Crippen LogP contribution in [0.2, 0.25) is 0 Å². The molecule has 3 rings (SSSR count). The van der Waals surface area contributed by atoms with Crippen molar-refractivity contribution in [3.63, 3.8) is 0 Å². The molecule has 0 heterocycles. The van der Waals surface area contributed by atoms with E-state index in [1.54, 1.807) is 22.8 Å². The van der Waals surface area contributed by atoms with Crippen LogP contribution in [0.1, 0.15) is 306 Å². The van der Waals surface area contributed by atoms with Crippen LogP contribution in [-0.2, 0) is 43.1 Å². The SMILES string of the molecule is CCCCCCCCc1cccc(OP(=O)(Sc2cccc(CCCCCCCC)c2CCCCCCCC)Sc2cccc(CCCCCCCC)c2CCCCCCCC)c1CCCCCCCC. The largest absolute Gasteiger partial charge is 0.428 e. The van der Waals surface area contributed by atoms with Crippen molar-refractivity contribution < 1.29 is 9.09 Å². The maximum Gasteiger partial charge on any atom is 0.369 e. The van der Waals surface area contributed by atoms with Gasteiger partial charge < -0.3 is 4.52 Å². The minimum absolute atomic E-state index is 0.881. The van der Waals surface area contributed by atoms with Crippen molar-refractivity contribution in [1.82, 2.24) is 0 Å². The zero-order chi connectivity index (χ0) is 50.9. The lowest BCUT2D eigenvalue weighted by Crippen LogP contribution is -2.02. The topological polar surface area (TPSA) is 26.3 Å². The highest BCUT2D eigenvalue weighted by Gasteiger charge is 2.33. The van der Waals surface area contributed by atoms with E-state index in [2.05, 4.69) is 96.1 Å². The van der Waals surface area contributed by atoms with Gasteiger partial charge in [-0.05, 0) is 151 Å². The number of hydrogen-bond acceptors (Lipinski definition) is 4. The smallest absolute Gasteiger partial charge is 0.369 e. The average Bonchev–Trinajstić information content (AvgIpc) is 3.37. The van der Waals surface area contributed by atoms with E-state index in [-0.39, 0.29) is 0 Å². The lowest BCUT2D eigenvalue weighted by molar-refractivity contribution is 0.509. The third-order valence-electron chi connectivity index (χ3n) is 15.1. The van der Waals surface area contributed by atoms with Crippen molar-refractivity contribution in [2.24, 2.45) is 0 Å². The fourth-order valence-corrected chi connectivity index (χ4v) is 17.6. The summed E-state index contributed by atoms with van der Waals surface area (Å²) < 4.78 is 24.1. The molecule has 5 heteroatoms. The number of hydrogen-bond donors (Lipinski definition) is 0. The predicted molar refractivity (Wildman–Crippen MR) is 322 cm³/mol. The summed E-state index contributed by atoms with van der Waals surface area (Å²) >= 11 is 3.20. The Bertz CT molecular complexity index is 1580. The molecule has 0 aliphatic carbocycles. The second-order valence-corrected chi connectivity index (χ2v) is 28.5. The summed E-state index contributed by atoms with van der Waals surface area (Å²) in [5.41, 5.74) is 8.59. The Hall–Kier alpha value is -1.61. The molecule has 71 heavy (non-hydrogen) atoms. The Morgan fingerprint density at radius 1 is 0.310 bits per heavy atom. The summed E-state index contributed by atoms with van der Waals surface area (Å²) in [5, 5.41) is 0. The van der Waals surface area contributed by atoms with E-state index in [4.69, 9.17) is 4.52 Å². The van der Waals surface area contributed by atoms with Crippen LogP contribution in [0.25, 0.3) is 0 Å². The van der Waals surface area contributed by atoms with Crippen molar-refractivity contribution in [2.45, 2.75) is 321 Å². The second-order valence-electron chi connectivity index (χ2n) is 21.5. The highest BCUT2D eigenvalue weighted by atomic mass is 33.1. The van der Waals surface area contributed by atoms with Gasteiger partial charge in [0, 0.05) is 9.79 Å². The minimum Gasteiger partial charge on any atom is -0.428 e. The molecule has 0 radical (unpaired) electrons. The van der Waals surface area contributed by atoms with E-state index in [0.717, 1.165) is 50.7 Å². The molecule has 0 aromatic heterocycles. The van der Waals surface area contributed by atoms with E-state index >= 15 is 4.57 Å². The van der Waals surface area contributed by atoms with Crippen molar-refractivity contribution in [2.75, 3.05) is 0 Å². The molecular formula is C66H111O2PS2. The van der Waals surface area contributed by atoms with Crippen LogP contribution in [0, 0.1) is 0 Å². The highest BCUT2D eigenvalue weighted by molar-refractivity contribution is 8.89. The number of unbranched alkanes of at least 4 members (excludes halogenated alkanes) is 30. The van der Waals surface area contributed by atoms with Gasteiger partial charge in [-0.2, -0.15) is 0 Å². The van der Waals surface area contributed by atoms with Crippen LogP contribution in [0.15, 0.2) is 64.4 Å². The standard InChI is InChI=1S/C66H111O2PS2/c1-7-13-19-25-31-37-46-58-49-43-55-64(61(58)52-40-34-28-22-16-10-4)68-69(67,70-65-56-44-50-59(47-38-32-26-20-14-8-2)62(65)53-41-35-29-23-17-11-5)71-66-57-45-51-60(48-39-33-27-21-15-9-3)63(66)54-42-36-30-24-18-12-6/h43-45,49-51,55-57H,7-42,46-48,52-54H2,1-6H3. The van der Waals surface area contributed by atoms with E-state index in [1.807, 2.05) is 0 Å². The highest BCUT2D eigenvalue weighted by Crippen LogP contribution is 2.74. The predicted octanol–water partition coefficient (Wildman–Crippen LogP) is 24.2. The van der Waals surface area contributed by atoms with Gasteiger partial charge in [-0.25, -0.2) is 0 Å². The lowest BCUT2D eigenvalue weighted by atomic mass is 9.95. The Labute approximate surface area is 449 Å². The van der Waals surface area contributed by atoms with Gasteiger partial charge in [0.25, 0.3) is 0 Å². The van der Waals surface area contributed by atoms with Crippen molar-refractivity contribution in [3.8, 4) is 5.75 Å². The average molecular weight is 1030 g/mol. The van der Waals surface area contributed by atoms with Gasteiger partial charge in [-0.1, -0.05) is 271 Å². The summed E-state index contributed by atoms with van der Waals surface area (Å²) in [6.07, 6.45) is 52.8. The summed E-state index contributed by atoms with van der Waals surface area (Å²) in [5.74, 6) is -2.61. The van der Waals surface area contributed by atoms with Crippen molar-refractivity contribution in [1.29, 1.82) is 0 Å². The van der Waals surface area contributed by atoms with Crippen LogP contribution in [0.5, 0.6) is 5.75 Å². The Morgan fingerprint density at radius 2 is 0.563 bits per heavy atom. The molecular weight excluding hydrogens is 920 g/mol. The molecule has 0 atom stereocenters. The molecule has 0 amide bonds. The monoisotopic (exact) mass is 1030 g/mol. The normalized spacial score (nSPS) is 11.8. The zero-order valence-corrected chi connectivity index (χ0v) is 50.0. The van der Waals surface area contributed by atoms with Crippen LogP contribution in [0.4, 0.5) is 0 Å². The summed E-state index contributed by atoms with van der Waals surface area (Å²) in [6.45, 7) is 13.9. The fraction of sp³-hybridized carbons (Fsp3) is 0.727. The molecule has 0 aliphatic heterocycles. The quantitative estimate of drug-likeness (QED) is 0.0416. The summed E-state index contributed by atoms with van der Waals surface area (Å²) in [4.78, 5) is 2.39. The maximum atomic E-state index is 16.6. The molecule has 3 aromatic rings. The van der Waals surface area contributed by atoms with Gasteiger partial charge in [-0.15, -0.1) is 0 Å². The van der Waals surface area contributed by atoms with E-state index in [9.17, 15) is 0 Å². The summed E-state index contributed by atoms with van der Waals surface area (Å²) in [7, 11) is 0. The van der Waals surface area contributed by atoms with Crippen molar-refractivity contribution in [3.05, 3.63) is 88.0 Å². The fourth-order valence-electron chi connectivity index (χ4n) is 10.6. The molecule has 0 saturated carbocycles. The van der Waals surface area contributed by atoms with Crippen LogP contribution in [-0.4, -0.2) is 0 Å². The van der Waals surface area contributed by atoms with Gasteiger partial charge in [0.1, 0.15) is 5.75 Å². The van der Waals surface area contributed by atoms with Gasteiger partial charge in [0.2, 0.25) is 0 Å². The third kappa shape index (κ3) is 28.2. The molecule has 0 aliphatic rings. The molecule has 0 spiro atoms. The molecule has 0 saturated heterocycles. The van der Waals surface area contributed by atoms with Crippen LogP contribution >= 0.6 is 28.5 Å². The van der Waals surface area contributed by atoms with Gasteiger partial charge in [0.15, 0.2) is 0 Å². The van der Waals surface area contributed by atoms with Crippen molar-refractivity contribution >= 4 is 28.5 Å². The molecule has 0 fully saturated rings. The molecule has 404 valence electrons. The summed E-state index contributed by atoms with van der Waals surface area (Å²) in [6, 6.07) is 20.7. The van der Waals surface area contributed by atoms with Crippen LogP contribution in [0.3, 0.4) is 0 Å². The first kappa shape index (κ1) is 63.7. The van der Waals surface area contributed by atoms with Gasteiger partial charge in [0.05, 0.1) is 0 Å². The number of benzene rings is 3. The molecule has 2 nitrogen and oxygen atoms in total. The van der Waals surface area contributed by atoms with Gasteiger partial charge in [-0.3, -0.25) is 4.57 Å². The molecule has 0 N–H and O–H groups in total. The van der Waals surface area contributed by atoms with Crippen LogP contribution < -0.4 is 4.52 Å². The Balaban J connectivity index is 2.15. The molecule has 0 unspecified atom stereocenters. The lowest BCUT2D eigenvalue weighted by Gasteiger charge is -2.25. The molecule has 0 bridgehead atoms. The van der Waals surface area contributed by atoms with E-state index in [0.29, 0.717) is 0 Å². The zero-order valence-electron chi connectivity index (χ0n) is 47.5. The first-order valence-electron chi connectivity index (χ1n) is 30.9. The minimum atomic E-state index is -3.49. The number of rotatable bonds is 48. The molecule has 3 aromatic carbocycles. The van der Waals surface area contributed by atoms with E-state index < -0.39 is 5.77 Å².